The van der Waals surface area contributed by atoms with E-state index >= 15 is 0 Å². The largest absolute Gasteiger partial charge is 0.478 e. The van der Waals surface area contributed by atoms with Gasteiger partial charge in [0.05, 0.1) is 11.1 Å². The van der Waals surface area contributed by atoms with E-state index in [4.69, 9.17) is 5.11 Å². The average molecular weight is 385 g/mol. The lowest BCUT2D eigenvalue weighted by atomic mass is 10.0. The van der Waals surface area contributed by atoms with Crippen molar-refractivity contribution in [3.05, 3.63) is 65.5 Å². The van der Waals surface area contributed by atoms with Crippen LogP contribution in [-0.4, -0.2) is 47.0 Å². The average Bonchev–Trinajstić information content (AvgIpc) is 2.68. The minimum atomic E-state index is -1.25. The molecule has 0 unspecified atom stereocenters. The number of aromatic carboxylic acids is 1. The first-order chi connectivity index (χ1) is 13.4. The number of piperidine rings is 1. The summed E-state index contributed by atoms with van der Waals surface area (Å²) in [5.41, 5.74) is 0.326. The fourth-order valence-corrected chi connectivity index (χ4v) is 3.09. The van der Waals surface area contributed by atoms with Crippen LogP contribution in [0.4, 0.5) is 14.9 Å². The Bertz CT molecular complexity index is 880. The molecule has 1 aliphatic rings. The molecule has 0 saturated carbocycles. The molecule has 1 saturated heterocycles. The Kier molecular flexibility index (Phi) is 5.88. The lowest BCUT2D eigenvalue weighted by Crippen LogP contribution is -2.47. The van der Waals surface area contributed by atoms with E-state index in [-0.39, 0.29) is 23.2 Å². The molecule has 7 nitrogen and oxygen atoms in total. The molecule has 0 aromatic heterocycles. The number of benzene rings is 2. The van der Waals surface area contributed by atoms with Crippen LogP contribution in [-0.2, 0) is 0 Å². The molecule has 3 N–H and O–H groups in total. The van der Waals surface area contributed by atoms with E-state index < -0.39 is 17.7 Å². The normalized spacial score (nSPS) is 14.4. The van der Waals surface area contributed by atoms with Crippen LogP contribution in [0.2, 0.25) is 0 Å². The summed E-state index contributed by atoms with van der Waals surface area (Å²) in [4.78, 5) is 36.9. The maximum absolute atomic E-state index is 14.1. The van der Waals surface area contributed by atoms with Crippen molar-refractivity contribution < 1.29 is 23.9 Å². The topological polar surface area (TPSA) is 98.7 Å². The monoisotopic (exact) mass is 385 g/mol. The van der Waals surface area contributed by atoms with Crippen LogP contribution in [0.25, 0.3) is 0 Å². The second-order valence-corrected chi connectivity index (χ2v) is 6.53. The lowest BCUT2D eigenvalue weighted by molar-refractivity contribution is 0.0684. The summed E-state index contributed by atoms with van der Waals surface area (Å²) in [6, 6.07) is 11.9. The summed E-state index contributed by atoms with van der Waals surface area (Å²) in [6.45, 7) is 0.741. The van der Waals surface area contributed by atoms with Gasteiger partial charge in [0.2, 0.25) is 0 Å². The van der Waals surface area contributed by atoms with Crippen LogP contribution >= 0.6 is 0 Å². The lowest BCUT2D eigenvalue weighted by Gasteiger charge is -2.32. The van der Waals surface area contributed by atoms with Gasteiger partial charge in [0.1, 0.15) is 5.82 Å². The number of anilines is 1. The summed E-state index contributed by atoms with van der Waals surface area (Å²) in [6.07, 6.45) is 1.09. The zero-order valence-electron chi connectivity index (χ0n) is 15.0. The van der Waals surface area contributed by atoms with Gasteiger partial charge in [-0.05, 0) is 43.2 Å². The minimum absolute atomic E-state index is 0.0907. The molecule has 0 spiro atoms. The van der Waals surface area contributed by atoms with Gasteiger partial charge in [0.15, 0.2) is 0 Å². The molecule has 146 valence electrons. The van der Waals surface area contributed by atoms with Crippen molar-refractivity contribution in [1.82, 2.24) is 10.2 Å². The number of carboxylic acids is 1. The van der Waals surface area contributed by atoms with Gasteiger partial charge in [-0.1, -0.05) is 18.2 Å². The molecular formula is C20H20FN3O4. The van der Waals surface area contributed by atoms with Gasteiger partial charge in [-0.3, -0.25) is 4.79 Å². The molecule has 1 fully saturated rings. The van der Waals surface area contributed by atoms with Crippen molar-refractivity contribution in [2.75, 3.05) is 18.4 Å². The fourth-order valence-electron chi connectivity index (χ4n) is 3.09. The van der Waals surface area contributed by atoms with E-state index in [0.29, 0.717) is 31.6 Å². The number of nitrogens with one attached hydrogen (secondary N) is 2. The number of carboxylic acid groups (broad SMARTS) is 1. The quantitative estimate of drug-likeness (QED) is 0.754. The number of rotatable bonds is 4. The van der Waals surface area contributed by atoms with Gasteiger partial charge in [0, 0.05) is 24.8 Å². The first kappa shape index (κ1) is 19.3. The molecule has 3 rings (SSSR count). The Morgan fingerprint density at radius 3 is 2.32 bits per heavy atom. The van der Waals surface area contributed by atoms with E-state index in [9.17, 15) is 18.8 Å². The Balaban J connectivity index is 1.53. The Labute approximate surface area is 161 Å². The van der Waals surface area contributed by atoms with Crippen LogP contribution in [0.1, 0.15) is 33.6 Å². The van der Waals surface area contributed by atoms with Crippen molar-refractivity contribution in [2.24, 2.45) is 0 Å². The molecule has 2 aromatic carbocycles. The van der Waals surface area contributed by atoms with E-state index in [0.717, 1.165) is 6.07 Å². The number of urea groups is 1. The van der Waals surface area contributed by atoms with E-state index in [1.54, 1.807) is 12.1 Å². The van der Waals surface area contributed by atoms with Crippen LogP contribution in [0.15, 0.2) is 48.5 Å². The minimum Gasteiger partial charge on any atom is -0.478 e. The zero-order valence-corrected chi connectivity index (χ0v) is 15.0. The van der Waals surface area contributed by atoms with Crippen molar-refractivity contribution in [2.45, 2.75) is 18.9 Å². The molecular weight excluding hydrogens is 365 g/mol. The number of likely N-dealkylation sites (tertiary alicyclic amines) is 1. The Hall–Kier alpha value is -3.42. The van der Waals surface area contributed by atoms with Crippen LogP contribution in [0.5, 0.6) is 0 Å². The number of nitrogens with zero attached hydrogens (tertiary/aromatic N) is 1. The number of hydrogen-bond donors (Lipinski definition) is 3. The third-order valence-corrected chi connectivity index (χ3v) is 4.60. The predicted octanol–water partition coefficient (Wildman–Crippen LogP) is 2.95. The summed E-state index contributed by atoms with van der Waals surface area (Å²) >= 11 is 0. The van der Waals surface area contributed by atoms with Gasteiger partial charge >= 0.3 is 12.0 Å². The molecule has 0 radical (unpaired) electrons. The van der Waals surface area contributed by atoms with E-state index in [1.165, 1.54) is 17.0 Å². The van der Waals surface area contributed by atoms with Crippen LogP contribution < -0.4 is 10.6 Å². The molecule has 28 heavy (non-hydrogen) atoms. The van der Waals surface area contributed by atoms with E-state index in [2.05, 4.69) is 10.6 Å². The molecule has 0 bridgehead atoms. The second-order valence-electron chi connectivity index (χ2n) is 6.53. The van der Waals surface area contributed by atoms with Crippen molar-refractivity contribution in [3.8, 4) is 0 Å². The highest BCUT2D eigenvalue weighted by Crippen LogP contribution is 2.18. The molecule has 0 aliphatic carbocycles. The summed E-state index contributed by atoms with van der Waals surface area (Å²) in [7, 11) is 0. The van der Waals surface area contributed by atoms with E-state index in [1.807, 2.05) is 18.2 Å². The number of carbonyl (C=O) groups excluding carboxylic acids is 2. The second kappa shape index (κ2) is 8.51. The van der Waals surface area contributed by atoms with Crippen LogP contribution in [0.3, 0.4) is 0 Å². The maximum atomic E-state index is 14.1. The smallest absolute Gasteiger partial charge is 0.335 e. The summed E-state index contributed by atoms with van der Waals surface area (Å²) in [5.74, 6) is -2.59. The van der Waals surface area contributed by atoms with Gasteiger partial charge in [-0.15, -0.1) is 0 Å². The summed E-state index contributed by atoms with van der Waals surface area (Å²) in [5, 5.41) is 14.5. The number of amides is 3. The van der Waals surface area contributed by atoms with Gasteiger partial charge in [-0.25, -0.2) is 14.0 Å². The maximum Gasteiger partial charge on any atom is 0.335 e. The van der Waals surface area contributed by atoms with Crippen molar-refractivity contribution in [3.63, 3.8) is 0 Å². The fraction of sp³-hybridized carbons (Fsp3) is 0.250. The van der Waals surface area contributed by atoms with Crippen LogP contribution in [0, 0.1) is 5.82 Å². The predicted molar refractivity (Wildman–Crippen MR) is 101 cm³/mol. The highest BCUT2D eigenvalue weighted by Gasteiger charge is 2.26. The molecule has 8 heteroatoms. The highest BCUT2D eigenvalue weighted by atomic mass is 19.1. The molecule has 1 aliphatic heterocycles. The zero-order chi connectivity index (χ0) is 20.1. The number of hydrogen-bond acceptors (Lipinski definition) is 3. The first-order valence-electron chi connectivity index (χ1n) is 8.88. The summed E-state index contributed by atoms with van der Waals surface area (Å²) < 4.78 is 14.1. The number of para-hydroxylation sites is 1. The molecule has 3 amide bonds. The van der Waals surface area contributed by atoms with Gasteiger partial charge < -0.3 is 20.6 Å². The third-order valence-electron chi connectivity index (χ3n) is 4.60. The van der Waals surface area contributed by atoms with Crippen molar-refractivity contribution in [1.29, 1.82) is 0 Å². The number of halogens is 1. The SMILES string of the molecule is O=C(Nc1ccccc1)NC1CCN(C(=O)c2ccc(C(=O)O)cc2F)CC1. The molecule has 0 atom stereocenters. The van der Waals surface area contributed by atoms with Gasteiger partial charge in [-0.2, -0.15) is 0 Å². The highest BCUT2D eigenvalue weighted by molar-refractivity contribution is 5.96. The van der Waals surface area contributed by atoms with Crippen molar-refractivity contribution >= 4 is 23.6 Å². The first-order valence-corrected chi connectivity index (χ1v) is 8.88. The van der Waals surface area contributed by atoms with Gasteiger partial charge in [0.25, 0.3) is 5.91 Å². The number of carbonyl (C=O) groups is 3. The Morgan fingerprint density at radius 1 is 1.04 bits per heavy atom. The molecule has 1 heterocycles. The third kappa shape index (κ3) is 4.64. The Morgan fingerprint density at radius 2 is 1.71 bits per heavy atom. The molecule has 2 aromatic rings. The standard InChI is InChI=1S/C20H20FN3O4/c21-17-12-13(19(26)27)6-7-16(17)18(25)24-10-8-15(9-11-24)23-20(28)22-14-4-2-1-3-5-14/h1-7,12,15H,8-11H2,(H,26,27)(H2,22,23,28).